The molecule has 0 fully saturated rings. The van der Waals surface area contributed by atoms with E-state index < -0.39 is 11.0 Å². The summed E-state index contributed by atoms with van der Waals surface area (Å²) in [5.74, 6) is -0.183. The third kappa shape index (κ3) is 4.31. The Kier molecular flexibility index (Phi) is 6.11. The van der Waals surface area contributed by atoms with E-state index in [1.165, 1.54) is 24.3 Å². The van der Waals surface area contributed by atoms with Gasteiger partial charge in [0.2, 0.25) is 0 Å². The third-order valence-electron chi connectivity index (χ3n) is 3.40. The SMILES string of the molecule is CCC(CC)C(O)CNC(=O)c1ccc([N+](=O)[O-])cc1. The van der Waals surface area contributed by atoms with E-state index in [0.717, 1.165) is 12.8 Å². The van der Waals surface area contributed by atoms with Gasteiger partial charge in [-0.25, -0.2) is 0 Å². The highest BCUT2D eigenvalue weighted by Gasteiger charge is 2.17. The number of nitro groups is 1. The zero-order valence-corrected chi connectivity index (χ0v) is 11.7. The van der Waals surface area contributed by atoms with Crippen LogP contribution in [0.5, 0.6) is 0 Å². The van der Waals surface area contributed by atoms with Crippen LogP contribution >= 0.6 is 0 Å². The lowest BCUT2D eigenvalue weighted by molar-refractivity contribution is -0.384. The van der Waals surface area contributed by atoms with E-state index in [1.54, 1.807) is 0 Å². The van der Waals surface area contributed by atoms with Crippen molar-refractivity contribution in [3.8, 4) is 0 Å². The molecule has 0 spiro atoms. The van der Waals surface area contributed by atoms with Crippen LogP contribution in [0.1, 0.15) is 37.0 Å². The van der Waals surface area contributed by atoms with Crippen LogP contribution in [-0.2, 0) is 0 Å². The Bertz CT molecular complexity index is 455. The molecule has 110 valence electrons. The average molecular weight is 280 g/mol. The van der Waals surface area contributed by atoms with Crippen LogP contribution in [0, 0.1) is 16.0 Å². The number of carbonyl (C=O) groups is 1. The summed E-state index contributed by atoms with van der Waals surface area (Å²) in [7, 11) is 0. The molecular weight excluding hydrogens is 260 g/mol. The van der Waals surface area contributed by atoms with Gasteiger partial charge in [-0.2, -0.15) is 0 Å². The fourth-order valence-electron chi connectivity index (χ4n) is 2.03. The molecule has 6 nitrogen and oxygen atoms in total. The molecule has 0 heterocycles. The zero-order valence-electron chi connectivity index (χ0n) is 11.7. The highest BCUT2D eigenvalue weighted by atomic mass is 16.6. The number of nitrogens with one attached hydrogen (secondary N) is 1. The van der Waals surface area contributed by atoms with Crippen LogP contribution in [0.4, 0.5) is 5.69 Å². The van der Waals surface area contributed by atoms with Gasteiger partial charge in [0.05, 0.1) is 11.0 Å². The second-order valence-electron chi connectivity index (χ2n) is 4.66. The topological polar surface area (TPSA) is 92.5 Å². The molecule has 0 saturated carbocycles. The number of nitrogens with zero attached hydrogens (tertiary/aromatic N) is 1. The van der Waals surface area contributed by atoms with Gasteiger partial charge in [-0.1, -0.05) is 26.7 Å². The molecule has 1 atom stereocenters. The van der Waals surface area contributed by atoms with Crippen LogP contribution < -0.4 is 5.32 Å². The van der Waals surface area contributed by atoms with Gasteiger partial charge in [-0.05, 0) is 18.1 Å². The highest BCUT2D eigenvalue weighted by molar-refractivity contribution is 5.94. The zero-order chi connectivity index (χ0) is 15.1. The Balaban J connectivity index is 2.56. The Hall–Kier alpha value is -1.95. The molecule has 1 amide bonds. The second-order valence-corrected chi connectivity index (χ2v) is 4.66. The molecule has 0 aliphatic rings. The molecule has 0 saturated heterocycles. The summed E-state index contributed by atoms with van der Waals surface area (Å²) >= 11 is 0. The van der Waals surface area contributed by atoms with E-state index in [-0.39, 0.29) is 24.1 Å². The maximum Gasteiger partial charge on any atom is 0.269 e. The van der Waals surface area contributed by atoms with Gasteiger partial charge in [-0.3, -0.25) is 14.9 Å². The molecule has 6 heteroatoms. The van der Waals surface area contributed by atoms with Crippen molar-refractivity contribution in [3.05, 3.63) is 39.9 Å². The number of aliphatic hydroxyl groups is 1. The fourth-order valence-corrected chi connectivity index (χ4v) is 2.03. The lowest BCUT2D eigenvalue weighted by Crippen LogP contribution is -2.36. The van der Waals surface area contributed by atoms with Crippen LogP contribution in [0.25, 0.3) is 0 Å². The number of nitro benzene ring substituents is 1. The first-order valence-electron chi connectivity index (χ1n) is 6.70. The summed E-state index contributed by atoms with van der Waals surface area (Å²) in [4.78, 5) is 21.8. The van der Waals surface area contributed by atoms with E-state index in [4.69, 9.17) is 0 Å². The molecule has 1 aromatic carbocycles. The summed E-state index contributed by atoms with van der Waals surface area (Å²) in [6, 6.07) is 5.37. The Morgan fingerprint density at radius 3 is 2.30 bits per heavy atom. The Labute approximate surface area is 118 Å². The number of carbonyl (C=O) groups excluding carboxylic acids is 1. The number of hydrogen-bond acceptors (Lipinski definition) is 4. The Morgan fingerprint density at radius 2 is 1.85 bits per heavy atom. The van der Waals surface area contributed by atoms with Crippen molar-refractivity contribution in [2.75, 3.05) is 6.54 Å². The van der Waals surface area contributed by atoms with Crippen molar-refractivity contribution in [1.82, 2.24) is 5.32 Å². The van der Waals surface area contributed by atoms with Crippen LogP contribution in [0.15, 0.2) is 24.3 Å². The van der Waals surface area contributed by atoms with Gasteiger partial charge in [0, 0.05) is 24.2 Å². The molecular formula is C14H20N2O4. The molecule has 0 aromatic heterocycles. The predicted molar refractivity (Wildman–Crippen MR) is 75.5 cm³/mol. The third-order valence-corrected chi connectivity index (χ3v) is 3.40. The van der Waals surface area contributed by atoms with Gasteiger partial charge in [0.15, 0.2) is 0 Å². The number of non-ortho nitro benzene ring substituents is 1. The largest absolute Gasteiger partial charge is 0.391 e. The van der Waals surface area contributed by atoms with Gasteiger partial charge in [0.25, 0.3) is 11.6 Å². The second kappa shape index (κ2) is 7.59. The summed E-state index contributed by atoms with van der Waals surface area (Å²) in [5.41, 5.74) is 0.283. The summed E-state index contributed by atoms with van der Waals surface area (Å²) in [5, 5.41) is 23.1. The quantitative estimate of drug-likeness (QED) is 0.591. The fraction of sp³-hybridized carbons (Fsp3) is 0.500. The molecule has 0 aliphatic carbocycles. The lowest BCUT2D eigenvalue weighted by Gasteiger charge is -2.20. The number of hydrogen-bond donors (Lipinski definition) is 2. The van der Waals surface area contributed by atoms with Crippen molar-refractivity contribution in [2.45, 2.75) is 32.8 Å². The van der Waals surface area contributed by atoms with Crippen molar-refractivity contribution in [2.24, 2.45) is 5.92 Å². The molecule has 1 aromatic rings. The average Bonchev–Trinajstić information content (AvgIpc) is 2.46. The molecule has 20 heavy (non-hydrogen) atoms. The molecule has 0 radical (unpaired) electrons. The maximum absolute atomic E-state index is 11.8. The van der Waals surface area contributed by atoms with Crippen molar-refractivity contribution in [3.63, 3.8) is 0 Å². The number of benzene rings is 1. The molecule has 0 bridgehead atoms. The highest BCUT2D eigenvalue weighted by Crippen LogP contribution is 2.13. The van der Waals surface area contributed by atoms with E-state index >= 15 is 0 Å². The van der Waals surface area contributed by atoms with Crippen LogP contribution in [0.3, 0.4) is 0 Å². The first kappa shape index (κ1) is 16.1. The van der Waals surface area contributed by atoms with Gasteiger partial charge >= 0.3 is 0 Å². The van der Waals surface area contributed by atoms with Crippen molar-refractivity contribution < 1.29 is 14.8 Å². The molecule has 2 N–H and O–H groups in total. The smallest absolute Gasteiger partial charge is 0.269 e. The monoisotopic (exact) mass is 280 g/mol. The maximum atomic E-state index is 11.8. The lowest BCUT2D eigenvalue weighted by atomic mass is 9.96. The van der Waals surface area contributed by atoms with Gasteiger partial charge in [0.1, 0.15) is 0 Å². The van der Waals surface area contributed by atoms with Crippen LogP contribution in [-0.4, -0.2) is 28.6 Å². The number of rotatable bonds is 7. The minimum absolute atomic E-state index is 0.0568. The normalized spacial score (nSPS) is 12.2. The number of amides is 1. The van der Waals surface area contributed by atoms with E-state index in [0.29, 0.717) is 5.56 Å². The summed E-state index contributed by atoms with van der Waals surface area (Å²) < 4.78 is 0. The van der Waals surface area contributed by atoms with Gasteiger partial charge in [-0.15, -0.1) is 0 Å². The van der Waals surface area contributed by atoms with E-state index in [1.807, 2.05) is 13.8 Å². The predicted octanol–water partition coefficient (Wildman–Crippen LogP) is 2.12. The summed E-state index contributed by atoms with van der Waals surface area (Å²) in [6.45, 7) is 4.17. The van der Waals surface area contributed by atoms with E-state index in [9.17, 15) is 20.0 Å². The van der Waals surface area contributed by atoms with Crippen LogP contribution in [0.2, 0.25) is 0 Å². The number of aliphatic hydroxyl groups excluding tert-OH is 1. The van der Waals surface area contributed by atoms with Crippen molar-refractivity contribution in [1.29, 1.82) is 0 Å². The summed E-state index contributed by atoms with van der Waals surface area (Å²) in [6.07, 6.45) is 1.13. The first-order chi connectivity index (χ1) is 9.49. The molecule has 1 unspecified atom stereocenters. The van der Waals surface area contributed by atoms with Gasteiger partial charge < -0.3 is 10.4 Å². The minimum atomic E-state index is -0.577. The standard InChI is InChI=1S/C14H20N2O4/c1-3-10(4-2)13(17)9-15-14(18)11-5-7-12(8-6-11)16(19)20/h5-8,10,13,17H,3-4,9H2,1-2H3,(H,15,18). The Morgan fingerprint density at radius 1 is 1.30 bits per heavy atom. The first-order valence-corrected chi connectivity index (χ1v) is 6.70. The molecule has 0 aliphatic heterocycles. The van der Waals surface area contributed by atoms with Crippen molar-refractivity contribution >= 4 is 11.6 Å². The molecule has 1 rings (SSSR count). The minimum Gasteiger partial charge on any atom is -0.391 e. The van der Waals surface area contributed by atoms with E-state index in [2.05, 4.69) is 5.32 Å².